The zero-order valence-electron chi connectivity index (χ0n) is 6.12. The molecule has 1 fully saturated rings. The van der Waals surface area contributed by atoms with Crippen LogP contribution in [-0.4, -0.2) is 10.7 Å². The molecule has 1 aromatic rings. The van der Waals surface area contributed by atoms with Crippen LogP contribution in [0.2, 0.25) is 0 Å². The van der Waals surface area contributed by atoms with Crippen LogP contribution in [0.3, 0.4) is 0 Å². The number of nitrogens with two attached hydrogens (primary N) is 1. The minimum atomic E-state index is 0.684. The Balaban J connectivity index is 1.85. The molecule has 0 unspecified atom stereocenters. The standard InChI is InChI=1S/C7H10N2S2/c8-7-9-3-6(11-7)10-4-5-1-2-5/h3,5H,1-2,4H2,(H2,8,9). The summed E-state index contributed by atoms with van der Waals surface area (Å²) >= 11 is 3.47. The lowest BCUT2D eigenvalue weighted by atomic mass is 10.5. The highest BCUT2D eigenvalue weighted by atomic mass is 32.2. The van der Waals surface area contributed by atoms with Gasteiger partial charge in [-0.25, -0.2) is 4.98 Å². The van der Waals surface area contributed by atoms with Crippen LogP contribution in [0, 0.1) is 5.92 Å². The normalized spacial score (nSPS) is 17.1. The largest absolute Gasteiger partial charge is 0.375 e. The second-order valence-corrected chi connectivity index (χ2v) is 5.15. The minimum Gasteiger partial charge on any atom is -0.375 e. The first-order valence-corrected chi connectivity index (χ1v) is 5.49. The smallest absolute Gasteiger partial charge is 0.181 e. The maximum atomic E-state index is 5.49. The van der Waals surface area contributed by atoms with Gasteiger partial charge < -0.3 is 5.73 Å². The molecule has 60 valence electrons. The van der Waals surface area contributed by atoms with Crippen molar-refractivity contribution in [3.05, 3.63) is 6.20 Å². The predicted molar refractivity (Wildman–Crippen MR) is 50.0 cm³/mol. The first kappa shape index (κ1) is 7.43. The molecule has 11 heavy (non-hydrogen) atoms. The van der Waals surface area contributed by atoms with Gasteiger partial charge in [0.2, 0.25) is 0 Å². The van der Waals surface area contributed by atoms with E-state index in [2.05, 4.69) is 4.98 Å². The van der Waals surface area contributed by atoms with E-state index in [-0.39, 0.29) is 0 Å². The Morgan fingerprint density at radius 1 is 1.73 bits per heavy atom. The summed E-state index contributed by atoms with van der Waals surface area (Å²) in [5.74, 6) is 2.23. The molecule has 0 spiro atoms. The molecule has 1 aliphatic rings. The first-order chi connectivity index (χ1) is 5.34. The third kappa shape index (κ3) is 2.10. The van der Waals surface area contributed by atoms with Crippen LogP contribution in [-0.2, 0) is 0 Å². The molecule has 0 saturated heterocycles. The van der Waals surface area contributed by atoms with Gasteiger partial charge in [-0.15, -0.1) is 11.8 Å². The molecule has 0 atom stereocenters. The van der Waals surface area contributed by atoms with E-state index in [1.165, 1.54) is 22.8 Å². The van der Waals surface area contributed by atoms with Gasteiger partial charge in [-0.1, -0.05) is 11.3 Å². The van der Waals surface area contributed by atoms with Gasteiger partial charge in [0.1, 0.15) is 0 Å². The van der Waals surface area contributed by atoms with E-state index in [1.54, 1.807) is 11.3 Å². The summed E-state index contributed by atoms with van der Waals surface area (Å²) in [5, 5.41) is 0.684. The molecule has 0 aliphatic heterocycles. The summed E-state index contributed by atoms with van der Waals surface area (Å²) in [4.78, 5) is 3.99. The number of rotatable bonds is 3. The number of nitrogen functional groups attached to an aromatic ring is 1. The van der Waals surface area contributed by atoms with E-state index in [1.807, 2.05) is 18.0 Å². The molecule has 1 heterocycles. The Labute approximate surface area is 74.2 Å². The summed E-state index contributed by atoms with van der Waals surface area (Å²) < 4.78 is 1.26. The average Bonchev–Trinajstić information content (AvgIpc) is 2.72. The summed E-state index contributed by atoms with van der Waals surface area (Å²) in [6.45, 7) is 0. The molecule has 2 nitrogen and oxygen atoms in total. The number of nitrogens with zero attached hydrogens (tertiary/aromatic N) is 1. The summed E-state index contributed by atoms with van der Waals surface area (Å²) in [5.41, 5.74) is 5.49. The summed E-state index contributed by atoms with van der Waals surface area (Å²) in [6, 6.07) is 0. The zero-order valence-corrected chi connectivity index (χ0v) is 7.75. The monoisotopic (exact) mass is 186 g/mol. The third-order valence-electron chi connectivity index (χ3n) is 1.66. The fraction of sp³-hybridized carbons (Fsp3) is 0.571. The number of thiazole rings is 1. The van der Waals surface area contributed by atoms with E-state index < -0.39 is 0 Å². The summed E-state index contributed by atoms with van der Waals surface area (Å²) in [6.07, 6.45) is 4.70. The maximum absolute atomic E-state index is 5.49. The second-order valence-electron chi connectivity index (χ2n) is 2.77. The SMILES string of the molecule is Nc1ncc(SCC2CC2)s1. The van der Waals surface area contributed by atoms with Crippen LogP contribution in [0.4, 0.5) is 5.13 Å². The molecule has 1 aliphatic carbocycles. The molecule has 1 saturated carbocycles. The Morgan fingerprint density at radius 2 is 2.55 bits per heavy atom. The van der Waals surface area contributed by atoms with Gasteiger partial charge in [-0.3, -0.25) is 0 Å². The van der Waals surface area contributed by atoms with Gasteiger partial charge in [0, 0.05) is 5.75 Å². The van der Waals surface area contributed by atoms with Crippen molar-refractivity contribution in [3.63, 3.8) is 0 Å². The van der Waals surface area contributed by atoms with Gasteiger partial charge in [-0.2, -0.15) is 0 Å². The Bertz CT molecular complexity index is 242. The molecule has 2 rings (SSSR count). The van der Waals surface area contributed by atoms with Crippen LogP contribution >= 0.6 is 23.1 Å². The van der Waals surface area contributed by atoms with Crippen LogP contribution in [0.25, 0.3) is 0 Å². The fourth-order valence-corrected chi connectivity index (χ4v) is 2.80. The lowest BCUT2D eigenvalue weighted by Gasteiger charge is -1.91. The maximum Gasteiger partial charge on any atom is 0.181 e. The highest BCUT2D eigenvalue weighted by molar-refractivity contribution is 8.01. The van der Waals surface area contributed by atoms with Gasteiger partial charge in [0.25, 0.3) is 0 Å². The van der Waals surface area contributed by atoms with E-state index in [9.17, 15) is 0 Å². The van der Waals surface area contributed by atoms with Crippen molar-refractivity contribution < 1.29 is 0 Å². The topological polar surface area (TPSA) is 38.9 Å². The number of hydrogen-bond acceptors (Lipinski definition) is 4. The van der Waals surface area contributed by atoms with E-state index in [0.29, 0.717) is 5.13 Å². The van der Waals surface area contributed by atoms with Gasteiger partial charge >= 0.3 is 0 Å². The van der Waals surface area contributed by atoms with Crippen LogP contribution < -0.4 is 5.73 Å². The predicted octanol–water partition coefficient (Wildman–Crippen LogP) is 2.23. The van der Waals surface area contributed by atoms with Crippen molar-refractivity contribution in [2.45, 2.75) is 17.1 Å². The molecule has 0 amide bonds. The van der Waals surface area contributed by atoms with Gasteiger partial charge in [-0.05, 0) is 18.8 Å². The van der Waals surface area contributed by atoms with Crippen molar-refractivity contribution in [2.75, 3.05) is 11.5 Å². The van der Waals surface area contributed by atoms with Crippen LogP contribution in [0.15, 0.2) is 10.4 Å². The Kier molecular flexibility index (Phi) is 2.05. The average molecular weight is 186 g/mol. The van der Waals surface area contributed by atoms with Gasteiger partial charge in [0.05, 0.1) is 10.4 Å². The van der Waals surface area contributed by atoms with Crippen molar-refractivity contribution >= 4 is 28.2 Å². The molecule has 0 bridgehead atoms. The second kappa shape index (κ2) is 3.03. The Hall–Kier alpha value is -0.220. The molecule has 0 radical (unpaired) electrons. The zero-order chi connectivity index (χ0) is 7.68. The van der Waals surface area contributed by atoms with E-state index >= 15 is 0 Å². The molecular weight excluding hydrogens is 176 g/mol. The minimum absolute atomic E-state index is 0.684. The van der Waals surface area contributed by atoms with Crippen LogP contribution in [0.5, 0.6) is 0 Å². The highest BCUT2D eigenvalue weighted by Gasteiger charge is 2.21. The number of hydrogen-bond donors (Lipinski definition) is 1. The lowest BCUT2D eigenvalue weighted by Crippen LogP contribution is -1.77. The molecule has 2 N–H and O–H groups in total. The molecule has 4 heteroatoms. The summed E-state index contributed by atoms with van der Waals surface area (Å²) in [7, 11) is 0. The number of thioether (sulfide) groups is 1. The Morgan fingerprint density at radius 3 is 3.09 bits per heavy atom. The highest BCUT2D eigenvalue weighted by Crippen LogP contribution is 2.36. The number of anilines is 1. The molecule has 0 aromatic carbocycles. The van der Waals surface area contributed by atoms with Crippen molar-refractivity contribution in [3.8, 4) is 0 Å². The molecule has 1 aromatic heterocycles. The lowest BCUT2D eigenvalue weighted by molar-refractivity contribution is 1.00. The molecular formula is C7H10N2S2. The quantitative estimate of drug-likeness (QED) is 0.736. The van der Waals surface area contributed by atoms with E-state index in [0.717, 1.165) is 5.92 Å². The van der Waals surface area contributed by atoms with Crippen molar-refractivity contribution in [2.24, 2.45) is 5.92 Å². The fourth-order valence-electron chi connectivity index (χ4n) is 0.823. The van der Waals surface area contributed by atoms with Crippen molar-refractivity contribution in [1.29, 1.82) is 0 Å². The third-order valence-corrected chi connectivity index (χ3v) is 3.91. The van der Waals surface area contributed by atoms with Crippen LogP contribution in [0.1, 0.15) is 12.8 Å². The van der Waals surface area contributed by atoms with E-state index in [4.69, 9.17) is 5.73 Å². The van der Waals surface area contributed by atoms with Gasteiger partial charge in [0.15, 0.2) is 5.13 Å². The first-order valence-electron chi connectivity index (χ1n) is 3.68. The number of aromatic nitrogens is 1. The van der Waals surface area contributed by atoms with Crippen molar-refractivity contribution in [1.82, 2.24) is 4.98 Å².